The number of hydrogen-bond acceptors (Lipinski definition) is 2. The topological polar surface area (TPSA) is 62.5 Å². The van der Waals surface area contributed by atoms with Gasteiger partial charge < -0.3 is 14.6 Å². The molecular formula is C16H16F2N2O3. The summed E-state index contributed by atoms with van der Waals surface area (Å²) in [6.07, 6.45) is 1.46. The lowest BCUT2D eigenvalue weighted by molar-refractivity contribution is -0.137. The van der Waals surface area contributed by atoms with Gasteiger partial charge in [-0.3, -0.25) is 9.59 Å². The molecule has 1 amide bonds. The molecule has 0 atom stereocenters. The Bertz CT molecular complexity index is 728. The molecule has 0 fully saturated rings. The highest BCUT2D eigenvalue weighted by Gasteiger charge is 2.19. The summed E-state index contributed by atoms with van der Waals surface area (Å²) in [4.78, 5) is 24.6. The Labute approximate surface area is 131 Å². The van der Waals surface area contributed by atoms with Gasteiger partial charge in [-0.15, -0.1) is 0 Å². The minimum absolute atomic E-state index is 0.00546. The van der Waals surface area contributed by atoms with Gasteiger partial charge in [0.25, 0.3) is 5.91 Å². The molecule has 2 rings (SSSR count). The molecule has 0 bridgehead atoms. The first-order chi connectivity index (χ1) is 10.9. The summed E-state index contributed by atoms with van der Waals surface area (Å²) in [6.45, 7) is -0.0349. The summed E-state index contributed by atoms with van der Waals surface area (Å²) >= 11 is 0. The molecule has 122 valence electrons. The number of carboxylic acid groups (broad SMARTS) is 1. The van der Waals surface area contributed by atoms with E-state index in [0.29, 0.717) is 11.3 Å². The lowest BCUT2D eigenvalue weighted by atomic mass is 10.2. The first-order valence-electron chi connectivity index (χ1n) is 6.95. The molecule has 1 aromatic carbocycles. The molecular weight excluding hydrogens is 306 g/mol. The summed E-state index contributed by atoms with van der Waals surface area (Å²) in [7, 11) is 1.69. The Morgan fingerprint density at radius 2 is 1.96 bits per heavy atom. The van der Waals surface area contributed by atoms with Crippen molar-refractivity contribution in [2.75, 3.05) is 6.54 Å². The molecule has 1 N–H and O–H groups in total. The fourth-order valence-corrected chi connectivity index (χ4v) is 2.19. The minimum atomic E-state index is -1.04. The van der Waals surface area contributed by atoms with Gasteiger partial charge in [-0.2, -0.15) is 0 Å². The third-order valence-electron chi connectivity index (χ3n) is 3.40. The van der Waals surface area contributed by atoms with Gasteiger partial charge in [0, 0.05) is 26.3 Å². The first-order valence-corrected chi connectivity index (χ1v) is 6.95. The number of aromatic nitrogens is 1. The van der Waals surface area contributed by atoms with E-state index in [1.807, 2.05) is 0 Å². The van der Waals surface area contributed by atoms with Crippen molar-refractivity contribution in [3.63, 3.8) is 0 Å². The van der Waals surface area contributed by atoms with Crippen LogP contribution in [0.1, 0.15) is 22.5 Å². The Morgan fingerprint density at radius 1 is 1.22 bits per heavy atom. The molecule has 0 spiro atoms. The number of aliphatic carboxylic acids is 1. The molecule has 0 aliphatic heterocycles. The van der Waals surface area contributed by atoms with E-state index in [2.05, 4.69) is 0 Å². The van der Waals surface area contributed by atoms with E-state index >= 15 is 0 Å². The van der Waals surface area contributed by atoms with Crippen molar-refractivity contribution in [1.29, 1.82) is 0 Å². The summed E-state index contributed by atoms with van der Waals surface area (Å²) < 4.78 is 27.9. The van der Waals surface area contributed by atoms with Crippen molar-refractivity contribution < 1.29 is 23.5 Å². The van der Waals surface area contributed by atoms with E-state index < -0.39 is 17.6 Å². The maximum atomic E-state index is 13.3. The predicted molar refractivity (Wildman–Crippen MR) is 78.8 cm³/mol. The maximum absolute atomic E-state index is 13.3. The Kier molecular flexibility index (Phi) is 5.10. The Morgan fingerprint density at radius 3 is 2.52 bits per heavy atom. The lowest BCUT2D eigenvalue weighted by Gasteiger charge is -2.22. The SMILES string of the molecule is Cn1cccc1C(=O)N(CCC(=O)O)Cc1ccc(F)c(F)c1. The second kappa shape index (κ2) is 7.04. The number of rotatable bonds is 6. The van der Waals surface area contributed by atoms with Gasteiger partial charge in [0.15, 0.2) is 11.6 Å². The van der Waals surface area contributed by atoms with Crippen LogP contribution in [0.3, 0.4) is 0 Å². The van der Waals surface area contributed by atoms with Gasteiger partial charge in [-0.1, -0.05) is 6.07 Å². The first kappa shape index (κ1) is 16.7. The highest BCUT2D eigenvalue weighted by molar-refractivity contribution is 5.93. The van der Waals surface area contributed by atoms with E-state index in [0.717, 1.165) is 12.1 Å². The van der Waals surface area contributed by atoms with Crippen LogP contribution in [0.15, 0.2) is 36.5 Å². The highest BCUT2D eigenvalue weighted by atomic mass is 19.2. The molecule has 2 aromatic rings. The van der Waals surface area contributed by atoms with E-state index in [-0.39, 0.29) is 25.4 Å². The Balaban J connectivity index is 2.22. The third kappa shape index (κ3) is 4.15. The number of carboxylic acids is 1. The van der Waals surface area contributed by atoms with Crippen LogP contribution in [0.25, 0.3) is 0 Å². The van der Waals surface area contributed by atoms with E-state index in [4.69, 9.17) is 5.11 Å². The van der Waals surface area contributed by atoms with Gasteiger partial charge in [-0.25, -0.2) is 8.78 Å². The van der Waals surface area contributed by atoms with E-state index in [1.54, 1.807) is 29.9 Å². The molecule has 23 heavy (non-hydrogen) atoms. The monoisotopic (exact) mass is 322 g/mol. The van der Waals surface area contributed by atoms with Crippen molar-refractivity contribution in [1.82, 2.24) is 9.47 Å². The van der Waals surface area contributed by atoms with Crippen LogP contribution >= 0.6 is 0 Å². The van der Waals surface area contributed by atoms with Gasteiger partial charge >= 0.3 is 5.97 Å². The molecule has 1 heterocycles. The number of halogens is 2. The fraction of sp³-hybridized carbons (Fsp3) is 0.250. The number of hydrogen-bond donors (Lipinski definition) is 1. The van der Waals surface area contributed by atoms with Gasteiger partial charge in [0.2, 0.25) is 0 Å². The summed E-state index contributed by atoms with van der Waals surface area (Å²) in [5, 5.41) is 8.82. The van der Waals surface area contributed by atoms with Gasteiger partial charge in [-0.05, 0) is 29.8 Å². The van der Waals surface area contributed by atoms with Crippen LogP contribution in [-0.2, 0) is 18.4 Å². The van der Waals surface area contributed by atoms with Crippen molar-refractivity contribution in [3.05, 3.63) is 59.4 Å². The standard InChI is InChI=1S/C16H16F2N2O3/c1-19-7-2-3-14(19)16(23)20(8-6-15(21)22)10-11-4-5-12(17)13(18)9-11/h2-5,7,9H,6,8,10H2,1H3,(H,21,22). The zero-order valence-corrected chi connectivity index (χ0v) is 12.5. The highest BCUT2D eigenvalue weighted by Crippen LogP contribution is 2.14. The van der Waals surface area contributed by atoms with E-state index in [1.165, 1.54) is 11.0 Å². The van der Waals surface area contributed by atoms with Crippen LogP contribution in [0.5, 0.6) is 0 Å². The number of carbonyl (C=O) groups excluding carboxylic acids is 1. The van der Waals surface area contributed by atoms with Gasteiger partial charge in [0.1, 0.15) is 5.69 Å². The van der Waals surface area contributed by atoms with Crippen molar-refractivity contribution >= 4 is 11.9 Å². The fourth-order valence-electron chi connectivity index (χ4n) is 2.19. The van der Waals surface area contributed by atoms with Crippen molar-refractivity contribution in [3.8, 4) is 0 Å². The molecule has 5 nitrogen and oxygen atoms in total. The minimum Gasteiger partial charge on any atom is -0.481 e. The van der Waals surface area contributed by atoms with Crippen LogP contribution in [0, 0.1) is 11.6 Å². The molecule has 0 aliphatic rings. The molecule has 0 unspecified atom stereocenters. The second-order valence-corrected chi connectivity index (χ2v) is 5.12. The number of amides is 1. The zero-order chi connectivity index (χ0) is 17.0. The molecule has 1 aromatic heterocycles. The van der Waals surface area contributed by atoms with Crippen LogP contribution in [0.2, 0.25) is 0 Å². The number of aryl methyl sites for hydroxylation is 1. The van der Waals surface area contributed by atoms with Crippen LogP contribution < -0.4 is 0 Å². The number of carbonyl (C=O) groups is 2. The zero-order valence-electron chi connectivity index (χ0n) is 12.5. The molecule has 0 radical (unpaired) electrons. The molecule has 0 saturated carbocycles. The van der Waals surface area contributed by atoms with Crippen molar-refractivity contribution in [2.45, 2.75) is 13.0 Å². The lowest BCUT2D eigenvalue weighted by Crippen LogP contribution is -2.33. The van der Waals surface area contributed by atoms with Gasteiger partial charge in [0.05, 0.1) is 6.42 Å². The predicted octanol–water partition coefficient (Wildman–Crippen LogP) is 2.42. The third-order valence-corrected chi connectivity index (χ3v) is 3.40. The number of benzene rings is 1. The smallest absolute Gasteiger partial charge is 0.305 e. The normalized spacial score (nSPS) is 10.6. The second-order valence-electron chi connectivity index (χ2n) is 5.12. The average Bonchev–Trinajstić information content (AvgIpc) is 2.92. The van der Waals surface area contributed by atoms with Crippen LogP contribution in [-0.4, -0.2) is 33.0 Å². The van der Waals surface area contributed by atoms with Crippen LogP contribution in [0.4, 0.5) is 8.78 Å². The molecule has 7 heteroatoms. The quantitative estimate of drug-likeness (QED) is 0.888. The Hall–Kier alpha value is -2.70. The summed E-state index contributed by atoms with van der Waals surface area (Å²) in [5.74, 6) is -3.39. The average molecular weight is 322 g/mol. The summed E-state index contributed by atoms with van der Waals surface area (Å²) in [6, 6.07) is 6.65. The largest absolute Gasteiger partial charge is 0.481 e. The van der Waals surface area contributed by atoms with E-state index in [9.17, 15) is 18.4 Å². The van der Waals surface area contributed by atoms with Crippen molar-refractivity contribution in [2.24, 2.45) is 7.05 Å². The number of nitrogens with zero attached hydrogens (tertiary/aromatic N) is 2. The molecule has 0 aliphatic carbocycles. The maximum Gasteiger partial charge on any atom is 0.305 e. The molecule has 0 saturated heterocycles. The summed E-state index contributed by atoms with van der Waals surface area (Å²) in [5.41, 5.74) is 0.773.